The van der Waals surface area contributed by atoms with Crippen LogP contribution in [0.25, 0.3) is 0 Å². The minimum Gasteiger partial charge on any atom is -0.464 e. The molecule has 5 heteroatoms. The average Bonchev–Trinajstić information content (AvgIpc) is 2.12. The van der Waals surface area contributed by atoms with Gasteiger partial charge in [-0.3, -0.25) is 0 Å². The number of hydrogen-bond acceptors (Lipinski definition) is 3. The minimum absolute atomic E-state index is 0.583. The third kappa shape index (κ3) is 1.05. The lowest BCUT2D eigenvalue weighted by Crippen LogP contribution is -2.33. The first-order chi connectivity index (χ1) is 3.80. The molecule has 0 radical (unpaired) electrons. The van der Waals surface area contributed by atoms with E-state index in [0.29, 0.717) is 6.54 Å². The summed E-state index contributed by atoms with van der Waals surface area (Å²) in [5, 5.41) is 9.42. The van der Waals surface area contributed by atoms with Crippen LogP contribution >= 0.6 is 11.9 Å². The van der Waals surface area contributed by atoms with Crippen molar-refractivity contribution in [2.24, 2.45) is 0 Å². The van der Waals surface area contributed by atoms with Crippen LogP contribution in [0, 0.1) is 0 Å². The van der Waals surface area contributed by atoms with Crippen molar-refractivity contribution in [3.8, 4) is 0 Å². The van der Waals surface area contributed by atoms with Crippen LogP contribution in [0.15, 0.2) is 0 Å². The zero-order valence-electron chi connectivity index (χ0n) is 4.13. The van der Waals surface area contributed by atoms with Crippen molar-refractivity contribution in [3.05, 3.63) is 0 Å². The Morgan fingerprint density at radius 2 is 2.62 bits per heavy atom. The first-order valence-corrected chi connectivity index (χ1v) is 3.17. The highest BCUT2D eigenvalue weighted by Gasteiger charge is 2.15. The first-order valence-electron chi connectivity index (χ1n) is 2.18. The number of carboxylic acid groups (broad SMARTS) is 1. The molecule has 4 nitrogen and oxygen atoms in total. The smallest absolute Gasteiger partial charge is 0.422 e. The van der Waals surface area contributed by atoms with Gasteiger partial charge in [0, 0.05) is 5.75 Å². The highest BCUT2D eigenvalue weighted by molar-refractivity contribution is 7.97. The molecule has 0 unspecified atom stereocenters. The van der Waals surface area contributed by atoms with Crippen LogP contribution in [0.3, 0.4) is 0 Å². The standard InChI is InChI=1S/C3H6N2O2S/c6-3(7)5-1-2-8-4-5/h4H,1-2H2,(H,6,7). The second-order valence-corrected chi connectivity index (χ2v) is 2.25. The van der Waals surface area contributed by atoms with E-state index in [9.17, 15) is 4.79 Å². The quantitative estimate of drug-likeness (QED) is 0.462. The average molecular weight is 134 g/mol. The molecule has 1 fully saturated rings. The predicted molar refractivity (Wildman–Crippen MR) is 30.3 cm³/mol. The van der Waals surface area contributed by atoms with Crippen molar-refractivity contribution in [2.75, 3.05) is 12.3 Å². The number of hydrogen-bond donors (Lipinski definition) is 2. The topological polar surface area (TPSA) is 52.6 Å². The summed E-state index contributed by atoms with van der Waals surface area (Å²) in [5.74, 6) is 0.840. The Morgan fingerprint density at radius 3 is 2.88 bits per heavy atom. The van der Waals surface area contributed by atoms with Crippen molar-refractivity contribution >= 4 is 18.0 Å². The van der Waals surface area contributed by atoms with Gasteiger partial charge < -0.3 is 5.11 Å². The van der Waals surface area contributed by atoms with Gasteiger partial charge in [-0.25, -0.2) is 9.80 Å². The summed E-state index contributed by atoms with van der Waals surface area (Å²) in [6.07, 6.45) is -0.907. The first kappa shape index (κ1) is 5.71. The van der Waals surface area contributed by atoms with E-state index in [0.717, 1.165) is 10.8 Å². The molecule has 1 heterocycles. The van der Waals surface area contributed by atoms with E-state index in [1.807, 2.05) is 0 Å². The molecule has 46 valence electrons. The molecule has 2 N–H and O–H groups in total. The highest BCUT2D eigenvalue weighted by atomic mass is 32.2. The zero-order valence-corrected chi connectivity index (χ0v) is 4.94. The summed E-state index contributed by atoms with van der Waals surface area (Å²) in [7, 11) is 0. The molecule has 1 rings (SSSR count). The Balaban J connectivity index is 2.35. The molecule has 1 aliphatic heterocycles. The fourth-order valence-electron chi connectivity index (χ4n) is 0.441. The van der Waals surface area contributed by atoms with Crippen molar-refractivity contribution < 1.29 is 9.90 Å². The van der Waals surface area contributed by atoms with E-state index in [1.165, 1.54) is 11.9 Å². The van der Waals surface area contributed by atoms with Crippen molar-refractivity contribution in [3.63, 3.8) is 0 Å². The second kappa shape index (κ2) is 2.23. The van der Waals surface area contributed by atoms with Crippen LogP contribution in [0.5, 0.6) is 0 Å². The Morgan fingerprint density at radius 1 is 1.88 bits per heavy atom. The van der Waals surface area contributed by atoms with Crippen LogP contribution in [0.2, 0.25) is 0 Å². The summed E-state index contributed by atoms with van der Waals surface area (Å²) in [5.41, 5.74) is 0. The number of nitrogens with one attached hydrogen (secondary N) is 1. The van der Waals surface area contributed by atoms with Crippen LogP contribution in [-0.2, 0) is 0 Å². The molecule has 0 aromatic heterocycles. The highest BCUT2D eigenvalue weighted by Crippen LogP contribution is 2.04. The molecule has 0 atom stereocenters. The number of nitrogens with zero attached hydrogens (tertiary/aromatic N) is 1. The van der Waals surface area contributed by atoms with E-state index in [-0.39, 0.29) is 0 Å². The minimum atomic E-state index is -0.907. The molecule has 0 aromatic carbocycles. The Kier molecular flexibility index (Phi) is 1.59. The van der Waals surface area contributed by atoms with Crippen molar-refractivity contribution in [1.82, 2.24) is 9.84 Å². The summed E-state index contributed by atoms with van der Waals surface area (Å²) in [4.78, 5) is 12.7. The van der Waals surface area contributed by atoms with Gasteiger partial charge in [0.05, 0.1) is 6.54 Å². The lowest BCUT2D eigenvalue weighted by atomic mass is 10.7. The van der Waals surface area contributed by atoms with Crippen molar-refractivity contribution in [1.29, 1.82) is 0 Å². The fraction of sp³-hybridized carbons (Fsp3) is 0.667. The van der Waals surface area contributed by atoms with E-state index < -0.39 is 6.09 Å². The van der Waals surface area contributed by atoms with Crippen LogP contribution in [-0.4, -0.2) is 28.5 Å². The molecule has 1 amide bonds. The molecule has 1 saturated heterocycles. The molecule has 8 heavy (non-hydrogen) atoms. The monoisotopic (exact) mass is 134 g/mol. The fourth-order valence-corrected chi connectivity index (χ4v) is 1.13. The normalized spacial score (nSPS) is 19.2. The van der Waals surface area contributed by atoms with E-state index in [2.05, 4.69) is 4.83 Å². The second-order valence-electron chi connectivity index (χ2n) is 1.37. The predicted octanol–water partition coefficient (Wildman–Crippen LogP) is 0.133. The molecular weight excluding hydrogens is 128 g/mol. The summed E-state index contributed by atoms with van der Waals surface area (Å²) in [6.45, 7) is 0.583. The molecule has 0 aromatic rings. The van der Waals surface area contributed by atoms with Crippen LogP contribution in [0.4, 0.5) is 4.79 Å². The number of rotatable bonds is 0. The van der Waals surface area contributed by atoms with E-state index >= 15 is 0 Å². The molecule has 0 aliphatic carbocycles. The lowest BCUT2D eigenvalue weighted by molar-refractivity contribution is 0.145. The SMILES string of the molecule is O=C(O)N1CCSN1. The van der Waals surface area contributed by atoms with E-state index in [1.54, 1.807) is 0 Å². The summed E-state index contributed by atoms with van der Waals surface area (Å²) >= 11 is 1.41. The maximum absolute atomic E-state index is 10.1. The maximum atomic E-state index is 10.1. The van der Waals surface area contributed by atoms with Gasteiger partial charge in [0.15, 0.2) is 0 Å². The van der Waals surface area contributed by atoms with Crippen molar-refractivity contribution in [2.45, 2.75) is 0 Å². The zero-order chi connectivity index (χ0) is 5.98. The third-order valence-corrected chi connectivity index (χ3v) is 1.56. The Bertz CT molecular complexity index is 101. The summed E-state index contributed by atoms with van der Waals surface area (Å²) < 4.78 is 0. The van der Waals surface area contributed by atoms with Gasteiger partial charge >= 0.3 is 6.09 Å². The third-order valence-electron chi connectivity index (χ3n) is 0.823. The molecule has 0 spiro atoms. The van der Waals surface area contributed by atoms with Gasteiger partial charge in [-0.05, 0) is 0 Å². The van der Waals surface area contributed by atoms with Gasteiger partial charge in [0.2, 0.25) is 0 Å². The van der Waals surface area contributed by atoms with E-state index in [4.69, 9.17) is 5.11 Å². The molecular formula is C3H6N2O2S. The molecule has 0 bridgehead atoms. The van der Waals surface area contributed by atoms with Gasteiger partial charge in [-0.1, -0.05) is 11.9 Å². The number of amides is 1. The van der Waals surface area contributed by atoms with Crippen LogP contribution < -0.4 is 4.83 Å². The van der Waals surface area contributed by atoms with Gasteiger partial charge in [-0.15, -0.1) is 0 Å². The lowest BCUT2D eigenvalue weighted by Gasteiger charge is -2.06. The number of hydrazine groups is 1. The number of carbonyl (C=O) groups is 1. The Hall–Kier alpha value is -0.420. The van der Waals surface area contributed by atoms with Gasteiger partial charge in [-0.2, -0.15) is 4.83 Å². The molecule has 0 saturated carbocycles. The van der Waals surface area contributed by atoms with Gasteiger partial charge in [0.1, 0.15) is 0 Å². The largest absolute Gasteiger partial charge is 0.464 e. The van der Waals surface area contributed by atoms with Crippen LogP contribution in [0.1, 0.15) is 0 Å². The maximum Gasteiger partial charge on any atom is 0.422 e. The van der Waals surface area contributed by atoms with Gasteiger partial charge in [0.25, 0.3) is 0 Å². The Labute approximate surface area is 51.0 Å². The summed E-state index contributed by atoms with van der Waals surface area (Å²) in [6, 6.07) is 0. The molecule has 1 aliphatic rings.